The highest BCUT2D eigenvalue weighted by Crippen LogP contribution is 2.29. The maximum absolute atomic E-state index is 11.4. The second kappa shape index (κ2) is 7.00. The highest BCUT2D eigenvalue weighted by Gasteiger charge is 2.39. The molecule has 1 aromatic rings. The van der Waals surface area contributed by atoms with E-state index in [1.807, 2.05) is 24.4 Å². The Bertz CT molecular complexity index is 701. The number of benzene rings is 1. The van der Waals surface area contributed by atoms with Gasteiger partial charge in [-0.2, -0.15) is 0 Å². The van der Waals surface area contributed by atoms with Crippen LogP contribution >= 0.6 is 0 Å². The van der Waals surface area contributed by atoms with E-state index in [1.165, 1.54) is 11.3 Å². The number of rotatable bonds is 5. The zero-order valence-electron chi connectivity index (χ0n) is 14.1. The molecule has 0 spiro atoms. The first-order valence-corrected chi connectivity index (χ1v) is 8.66. The van der Waals surface area contributed by atoms with Crippen LogP contribution in [-0.2, 0) is 20.9 Å². The summed E-state index contributed by atoms with van der Waals surface area (Å²) in [6, 6.07) is 10.2. The van der Waals surface area contributed by atoms with Crippen LogP contribution in [0.5, 0.6) is 0 Å². The van der Waals surface area contributed by atoms with Crippen molar-refractivity contribution in [1.29, 1.82) is 0 Å². The van der Waals surface area contributed by atoms with Gasteiger partial charge >= 0.3 is 0 Å². The molecule has 2 unspecified atom stereocenters. The Morgan fingerprint density at radius 2 is 2.12 bits per heavy atom. The molecule has 2 fully saturated rings. The summed E-state index contributed by atoms with van der Waals surface area (Å²) in [6.07, 6.45) is 4.69. The fraction of sp³-hybridized carbons (Fsp3) is 0.421. The molecule has 3 heterocycles. The van der Waals surface area contributed by atoms with Crippen molar-refractivity contribution >= 4 is 5.91 Å². The molecule has 0 saturated carbocycles. The number of ether oxygens (including phenoxy) is 2. The Morgan fingerprint density at radius 1 is 1.28 bits per heavy atom. The van der Waals surface area contributed by atoms with Crippen LogP contribution in [0.25, 0.3) is 0 Å². The van der Waals surface area contributed by atoms with Crippen LogP contribution in [0.1, 0.15) is 12.0 Å². The van der Waals surface area contributed by atoms with E-state index < -0.39 is 0 Å². The van der Waals surface area contributed by atoms with Gasteiger partial charge in [-0.3, -0.25) is 9.69 Å². The highest BCUT2D eigenvalue weighted by molar-refractivity contribution is 5.92. The number of nitrogens with zero attached hydrogens (tertiary/aromatic N) is 2. The van der Waals surface area contributed by atoms with Gasteiger partial charge in [-0.25, -0.2) is 0 Å². The lowest BCUT2D eigenvalue weighted by Crippen LogP contribution is -2.48. The molecule has 0 aromatic heterocycles. The second-order valence-corrected chi connectivity index (χ2v) is 6.71. The fourth-order valence-electron chi connectivity index (χ4n) is 3.56. The topological polar surface area (TPSA) is 68.0 Å². The molecular formula is C19H23N3O3. The monoisotopic (exact) mass is 341 g/mol. The zero-order valence-corrected chi connectivity index (χ0v) is 14.1. The molecule has 0 aliphatic carbocycles. The predicted molar refractivity (Wildman–Crippen MR) is 93.0 cm³/mol. The maximum atomic E-state index is 11.4. The lowest BCUT2D eigenvalue weighted by atomic mass is 10.1. The van der Waals surface area contributed by atoms with E-state index in [-0.39, 0.29) is 18.2 Å². The summed E-state index contributed by atoms with van der Waals surface area (Å²) in [5, 5.41) is 0. The molecule has 6 heteroatoms. The normalized spacial score (nSPS) is 25.8. The molecule has 6 nitrogen and oxygen atoms in total. The Hall–Kier alpha value is -2.15. The molecule has 25 heavy (non-hydrogen) atoms. The second-order valence-electron chi connectivity index (χ2n) is 6.71. The third kappa shape index (κ3) is 3.61. The van der Waals surface area contributed by atoms with E-state index in [0.29, 0.717) is 25.2 Å². The summed E-state index contributed by atoms with van der Waals surface area (Å²) in [7, 11) is 0. The number of amides is 1. The molecule has 3 aliphatic rings. The quantitative estimate of drug-likeness (QED) is 0.872. The van der Waals surface area contributed by atoms with Gasteiger partial charge in [0.2, 0.25) is 5.91 Å². The minimum absolute atomic E-state index is 0.0333. The first kappa shape index (κ1) is 16.3. The third-order valence-electron chi connectivity index (χ3n) is 4.88. The standard InChI is InChI=1S/C19H23N3O3/c20-19(23)15-6-7-16-9-22-10-17(25-18(22)11-21(16)8-15)13-24-12-14-4-2-1-3-5-14/h1-5,7-8,17-18H,6,9-13H2,(H2,20,23). The number of hydrogen-bond acceptors (Lipinski definition) is 5. The van der Waals surface area contributed by atoms with Crippen LogP contribution in [-0.4, -0.2) is 54.3 Å². The lowest BCUT2D eigenvalue weighted by Gasteiger charge is -2.39. The molecular weight excluding hydrogens is 318 g/mol. The van der Waals surface area contributed by atoms with E-state index in [1.54, 1.807) is 0 Å². The van der Waals surface area contributed by atoms with Crippen molar-refractivity contribution in [3.63, 3.8) is 0 Å². The van der Waals surface area contributed by atoms with Gasteiger partial charge in [0.05, 0.1) is 25.9 Å². The SMILES string of the molecule is NC(=O)C1=CN2CC3OC(COCc4ccccc4)CN3CC2=CC1. The summed E-state index contributed by atoms with van der Waals surface area (Å²) < 4.78 is 12.0. The average Bonchev–Trinajstić information content (AvgIpc) is 3.01. The van der Waals surface area contributed by atoms with Crippen LogP contribution in [0.2, 0.25) is 0 Å². The summed E-state index contributed by atoms with van der Waals surface area (Å²) in [5.41, 5.74) is 8.44. The van der Waals surface area contributed by atoms with Crippen LogP contribution < -0.4 is 5.73 Å². The maximum Gasteiger partial charge on any atom is 0.246 e. The van der Waals surface area contributed by atoms with Crippen LogP contribution in [0.4, 0.5) is 0 Å². The summed E-state index contributed by atoms with van der Waals surface area (Å²) >= 11 is 0. The van der Waals surface area contributed by atoms with Gasteiger partial charge in [0.15, 0.2) is 0 Å². The number of nitrogens with two attached hydrogens (primary N) is 1. The Labute approximate surface area is 147 Å². The number of allylic oxidation sites excluding steroid dienone is 1. The highest BCUT2D eigenvalue weighted by atomic mass is 16.6. The van der Waals surface area contributed by atoms with Gasteiger partial charge in [-0.05, 0) is 12.0 Å². The Kier molecular flexibility index (Phi) is 4.57. The number of fused-ring (bicyclic) bond motifs is 2. The van der Waals surface area contributed by atoms with E-state index in [2.05, 4.69) is 28.0 Å². The van der Waals surface area contributed by atoms with Crippen molar-refractivity contribution in [2.45, 2.75) is 25.4 Å². The molecule has 2 atom stereocenters. The minimum atomic E-state index is -0.350. The lowest BCUT2D eigenvalue weighted by molar-refractivity contribution is -0.114. The molecule has 4 rings (SSSR count). The van der Waals surface area contributed by atoms with Crippen LogP contribution in [0.3, 0.4) is 0 Å². The molecule has 0 bridgehead atoms. The van der Waals surface area contributed by atoms with E-state index in [9.17, 15) is 4.79 Å². The van der Waals surface area contributed by atoms with Gasteiger partial charge in [0.25, 0.3) is 0 Å². The summed E-state index contributed by atoms with van der Waals surface area (Å²) in [4.78, 5) is 15.8. The molecule has 3 aliphatic heterocycles. The molecule has 2 N–H and O–H groups in total. The smallest absolute Gasteiger partial charge is 0.246 e. The van der Waals surface area contributed by atoms with Gasteiger partial charge in [0.1, 0.15) is 6.23 Å². The molecule has 2 saturated heterocycles. The number of piperazine rings is 1. The van der Waals surface area contributed by atoms with Crippen molar-refractivity contribution in [2.75, 3.05) is 26.2 Å². The molecule has 1 aromatic carbocycles. The predicted octanol–water partition coefficient (Wildman–Crippen LogP) is 1.20. The number of carbonyl (C=O) groups is 1. The molecule has 0 radical (unpaired) electrons. The molecule has 132 valence electrons. The van der Waals surface area contributed by atoms with E-state index >= 15 is 0 Å². The first-order chi connectivity index (χ1) is 12.2. The van der Waals surface area contributed by atoms with Crippen molar-refractivity contribution < 1.29 is 14.3 Å². The van der Waals surface area contributed by atoms with Crippen molar-refractivity contribution in [3.05, 3.63) is 59.4 Å². The van der Waals surface area contributed by atoms with Gasteiger partial charge in [0, 0.05) is 30.6 Å². The van der Waals surface area contributed by atoms with Crippen LogP contribution in [0.15, 0.2) is 53.9 Å². The van der Waals surface area contributed by atoms with Gasteiger partial charge < -0.3 is 20.1 Å². The third-order valence-corrected chi connectivity index (χ3v) is 4.88. The number of primary amides is 1. The zero-order chi connectivity index (χ0) is 17.2. The van der Waals surface area contributed by atoms with Crippen molar-refractivity contribution in [3.8, 4) is 0 Å². The van der Waals surface area contributed by atoms with Gasteiger partial charge in [-0.1, -0.05) is 36.4 Å². The fourth-order valence-corrected chi connectivity index (χ4v) is 3.56. The number of carbonyl (C=O) groups excluding carboxylic acids is 1. The first-order valence-electron chi connectivity index (χ1n) is 8.66. The summed E-state index contributed by atoms with van der Waals surface area (Å²) in [5.74, 6) is -0.350. The van der Waals surface area contributed by atoms with E-state index in [4.69, 9.17) is 15.2 Å². The Morgan fingerprint density at radius 3 is 2.92 bits per heavy atom. The average molecular weight is 341 g/mol. The van der Waals surface area contributed by atoms with E-state index in [0.717, 1.165) is 19.6 Å². The van der Waals surface area contributed by atoms with Crippen molar-refractivity contribution in [2.24, 2.45) is 5.73 Å². The largest absolute Gasteiger partial charge is 0.374 e. The molecule has 1 amide bonds. The van der Waals surface area contributed by atoms with Crippen molar-refractivity contribution in [1.82, 2.24) is 9.80 Å². The summed E-state index contributed by atoms with van der Waals surface area (Å²) in [6.45, 7) is 3.62. The Balaban J connectivity index is 1.31. The van der Waals surface area contributed by atoms with Crippen LogP contribution in [0, 0.1) is 0 Å². The minimum Gasteiger partial charge on any atom is -0.374 e. The number of hydrogen-bond donors (Lipinski definition) is 1. The van der Waals surface area contributed by atoms with Gasteiger partial charge in [-0.15, -0.1) is 0 Å².